The lowest BCUT2D eigenvalue weighted by molar-refractivity contribution is -0.138. The number of hydrogen-bond acceptors (Lipinski definition) is 4. The van der Waals surface area contributed by atoms with Crippen LogP contribution in [0.5, 0.6) is 0 Å². The molecule has 0 radical (unpaired) electrons. The number of imide groups is 1. The van der Waals surface area contributed by atoms with Crippen LogP contribution >= 0.6 is 11.6 Å². The number of aryl methyl sites for hydroxylation is 1. The van der Waals surface area contributed by atoms with Gasteiger partial charge >= 0.3 is 0 Å². The van der Waals surface area contributed by atoms with Gasteiger partial charge in [0, 0.05) is 18.1 Å². The van der Waals surface area contributed by atoms with Crippen LogP contribution < -0.4 is 0 Å². The average Bonchev–Trinajstić information content (AvgIpc) is 2.95. The van der Waals surface area contributed by atoms with Crippen LogP contribution in [0, 0.1) is 6.92 Å². The molecule has 2 heterocycles. The summed E-state index contributed by atoms with van der Waals surface area (Å²) >= 11 is 5.95. The molecule has 0 spiro atoms. The molecule has 2 aromatic rings. The predicted molar refractivity (Wildman–Crippen MR) is 108 cm³/mol. The van der Waals surface area contributed by atoms with Crippen molar-refractivity contribution < 1.29 is 14.3 Å². The number of nitrogens with zero attached hydrogens (tertiary/aromatic N) is 2. The Kier molecular flexibility index (Phi) is 5.20. The Hall–Kier alpha value is -2.63. The number of hydrogen-bond donors (Lipinski definition) is 0. The van der Waals surface area contributed by atoms with Crippen molar-refractivity contribution in [3.8, 4) is 0 Å². The van der Waals surface area contributed by atoms with Crippen LogP contribution in [0.15, 0.2) is 54.2 Å². The molecule has 0 atom stereocenters. The molecule has 5 nitrogen and oxygen atoms in total. The highest BCUT2D eigenvalue weighted by atomic mass is 35.5. The van der Waals surface area contributed by atoms with E-state index in [4.69, 9.17) is 16.3 Å². The Morgan fingerprint density at radius 1 is 0.929 bits per heavy atom. The van der Waals surface area contributed by atoms with E-state index in [0.717, 1.165) is 16.7 Å². The summed E-state index contributed by atoms with van der Waals surface area (Å²) in [6, 6.07) is 14.9. The van der Waals surface area contributed by atoms with Gasteiger partial charge in [0.1, 0.15) is 5.70 Å². The first kappa shape index (κ1) is 18.7. The van der Waals surface area contributed by atoms with Crippen molar-refractivity contribution in [1.82, 2.24) is 9.80 Å². The summed E-state index contributed by atoms with van der Waals surface area (Å²) in [5, 5.41) is 0.621. The molecule has 2 amide bonds. The third-order valence-corrected chi connectivity index (χ3v) is 5.32. The molecule has 0 aliphatic carbocycles. The largest absolute Gasteiger partial charge is 0.378 e. The van der Waals surface area contributed by atoms with Crippen LogP contribution in [-0.4, -0.2) is 47.9 Å². The maximum Gasteiger partial charge on any atom is 0.278 e. The van der Waals surface area contributed by atoms with E-state index in [1.165, 1.54) is 4.90 Å². The lowest BCUT2D eigenvalue weighted by Crippen LogP contribution is -2.40. The number of carbonyl (C=O) groups is 2. The Morgan fingerprint density at radius 3 is 2.21 bits per heavy atom. The summed E-state index contributed by atoms with van der Waals surface area (Å²) in [6.45, 7) is 4.50. The van der Waals surface area contributed by atoms with Gasteiger partial charge in [0.05, 0.1) is 25.3 Å². The highest BCUT2D eigenvalue weighted by Gasteiger charge is 2.41. The number of carbonyl (C=O) groups excluding carboxylic acids is 2. The molecule has 0 N–H and O–H groups in total. The fourth-order valence-electron chi connectivity index (χ4n) is 3.54. The summed E-state index contributed by atoms with van der Waals surface area (Å²) in [7, 11) is 0. The fourth-order valence-corrected chi connectivity index (χ4v) is 3.67. The minimum atomic E-state index is -0.259. The number of morpholine rings is 1. The SMILES string of the molecule is Cc1ccc(C2=C(N3CCOCC3)C(=O)N(Cc3ccc(Cl)cc3)C2=O)cc1. The molecule has 1 fully saturated rings. The maximum atomic E-state index is 13.3. The molecule has 0 saturated carbocycles. The molecule has 2 aromatic carbocycles. The van der Waals surface area contributed by atoms with E-state index in [0.29, 0.717) is 42.6 Å². The van der Waals surface area contributed by atoms with Gasteiger partial charge in [0.15, 0.2) is 0 Å². The fraction of sp³-hybridized carbons (Fsp3) is 0.273. The number of rotatable bonds is 4. The minimum Gasteiger partial charge on any atom is -0.378 e. The van der Waals surface area contributed by atoms with Crippen molar-refractivity contribution in [2.45, 2.75) is 13.5 Å². The van der Waals surface area contributed by atoms with E-state index in [9.17, 15) is 9.59 Å². The quantitative estimate of drug-likeness (QED) is 0.744. The summed E-state index contributed by atoms with van der Waals surface area (Å²) in [6.07, 6.45) is 0. The molecule has 1 saturated heterocycles. The zero-order valence-electron chi connectivity index (χ0n) is 15.7. The van der Waals surface area contributed by atoms with E-state index in [1.807, 2.05) is 48.2 Å². The number of benzene rings is 2. The molecular weight excluding hydrogens is 376 g/mol. The van der Waals surface area contributed by atoms with Gasteiger partial charge in [-0.25, -0.2) is 0 Å². The Morgan fingerprint density at radius 2 is 1.57 bits per heavy atom. The molecule has 2 aliphatic rings. The second kappa shape index (κ2) is 7.78. The Balaban J connectivity index is 1.72. The van der Waals surface area contributed by atoms with E-state index in [1.54, 1.807) is 12.1 Å². The van der Waals surface area contributed by atoms with Gasteiger partial charge in [0.25, 0.3) is 11.8 Å². The van der Waals surface area contributed by atoms with Gasteiger partial charge in [-0.15, -0.1) is 0 Å². The predicted octanol–water partition coefficient (Wildman–Crippen LogP) is 3.26. The lowest BCUT2D eigenvalue weighted by Gasteiger charge is -2.29. The Bertz CT molecular complexity index is 929. The van der Waals surface area contributed by atoms with Crippen LogP contribution in [0.2, 0.25) is 5.02 Å². The molecule has 28 heavy (non-hydrogen) atoms. The highest BCUT2D eigenvalue weighted by molar-refractivity contribution is 6.35. The summed E-state index contributed by atoms with van der Waals surface area (Å²) in [5.41, 5.74) is 3.68. The van der Waals surface area contributed by atoms with Gasteiger partial charge in [0.2, 0.25) is 0 Å². The normalized spacial score (nSPS) is 17.6. The van der Waals surface area contributed by atoms with Crippen molar-refractivity contribution in [2.24, 2.45) is 0 Å². The molecule has 2 aliphatic heterocycles. The van der Waals surface area contributed by atoms with Gasteiger partial charge < -0.3 is 9.64 Å². The standard InChI is InChI=1S/C22H21ClN2O3/c1-15-2-6-17(7-3-15)19-20(24-10-12-28-13-11-24)22(27)25(21(19)26)14-16-4-8-18(23)9-5-16/h2-9H,10-14H2,1H3. The summed E-state index contributed by atoms with van der Waals surface area (Å²) in [4.78, 5) is 29.9. The van der Waals surface area contributed by atoms with Crippen molar-refractivity contribution in [3.63, 3.8) is 0 Å². The molecule has 0 aromatic heterocycles. The van der Waals surface area contributed by atoms with Crippen LogP contribution in [0.3, 0.4) is 0 Å². The first-order chi connectivity index (χ1) is 13.5. The second-order valence-corrected chi connectivity index (χ2v) is 7.45. The van der Waals surface area contributed by atoms with Crippen LogP contribution in [0.4, 0.5) is 0 Å². The zero-order chi connectivity index (χ0) is 19.7. The highest BCUT2D eigenvalue weighted by Crippen LogP contribution is 2.33. The van der Waals surface area contributed by atoms with E-state index < -0.39 is 0 Å². The van der Waals surface area contributed by atoms with Crippen molar-refractivity contribution in [1.29, 1.82) is 0 Å². The molecule has 4 rings (SSSR count). The molecular formula is C22H21ClN2O3. The lowest BCUT2D eigenvalue weighted by atomic mass is 10.0. The van der Waals surface area contributed by atoms with Gasteiger partial charge in [-0.2, -0.15) is 0 Å². The summed E-state index contributed by atoms with van der Waals surface area (Å²) < 4.78 is 5.43. The van der Waals surface area contributed by atoms with Crippen LogP contribution in [-0.2, 0) is 20.9 Å². The first-order valence-corrected chi connectivity index (χ1v) is 9.67. The number of halogens is 1. The first-order valence-electron chi connectivity index (χ1n) is 9.29. The molecule has 0 bridgehead atoms. The monoisotopic (exact) mass is 396 g/mol. The van der Waals surface area contributed by atoms with Crippen molar-refractivity contribution >= 4 is 29.0 Å². The number of ether oxygens (including phenoxy) is 1. The van der Waals surface area contributed by atoms with E-state index in [2.05, 4.69) is 0 Å². The molecule has 6 heteroatoms. The third-order valence-electron chi connectivity index (χ3n) is 5.07. The van der Waals surface area contributed by atoms with Crippen LogP contribution in [0.1, 0.15) is 16.7 Å². The van der Waals surface area contributed by atoms with Crippen LogP contribution in [0.25, 0.3) is 5.57 Å². The second-order valence-electron chi connectivity index (χ2n) is 7.01. The smallest absolute Gasteiger partial charge is 0.278 e. The summed E-state index contributed by atoms with van der Waals surface area (Å²) in [5.74, 6) is -0.511. The van der Waals surface area contributed by atoms with Gasteiger partial charge in [-0.05, 0) is 30.2 Å². The van der Waals surface area contributed by atoms with Crippen molar-refractivity contribution in [2.75, 3.05) is 26.3 Å². The number of amides is 2. The third kappa shape index (κ3) is 3.55. The maximum absolute atomic E-state index is 13.3. The van der Waals surface area contributed by atoms with E-state index >= 15 is 0 Å². The molecule has 144 valence electrons. The molecule has 0 unspecified atom stereocenters. The average molecular weight is 397 g/mol. The Labute approximate surface area is 169 Å². The van der Waals surface area contributed by atoms with E-state index in [-0.39, 0.29) is 18.4 Å². The topological polar surface area (TPSA) is 49.9 Å². The minimum absolute atomic E-state index is 0.220. The zero-order valence-corrected chi connectivity index (χ0v) is 16.4. The van der Waals surface area contributed by atoms with Gasteiger partial charge in [-0.3, -0.25) is 14.5 Å². The van der Waals surface area contributed by atoms with Crippen molar-refractivity contribution in [3.05, 3.63) is 75.9 Å². The van der Waals surface area contributed by atoms with Gasteiger partial charge in [-0.1, -0.05) is 53.6 Å².